The van der Waals surface area contributed by atoms with Crippen LogP contribution in [0.1, 0.15) is 27.3 Å². The molecule has 0 bridgehead atoms. The third-order valence-electron chi connectivity index (χ3n) is 4.53. The van der Waals surface area contributed by atoms with Crippen molar-refractivity contribution in [1.82, 2.24) is 15.1 Å². The maximum absolute atomic E-state index is 12.5. The van der Waals surface area contributed by atoms with E-state index in [-0.39, 0.29) is 11.6 Å². The number of benzene rings is 2. The number of amides is 1. The zero-order valence-corrected chi connectivity index (χ0v) is 18.2. The summed E-state index contributed by atoms with van der Waals surface area (Å²) in [4.78, 5) is 23.1. The second-order valence-corrected chi connectivity index (χ2v) is 7.62. The summed E-state index contributed by atoms with van der Waals surface area (Å²) >= 11 is 3.40. The van der Waals surface area contributed by atoms with Crippen LogP contribution in [0.25, 0.3) is 0 Å². The van der Waals surface area contributed by atoms with Gasteiger partial charge in [0.1, 0.15) is 23.7 Å². The Kier molecular flexibility index (Phi) is 6.83. The van der Waals surface area contributed by atoms with Gasteiger partial charge in [0.05, 0.1) is 11.5 Å². The van der Waals surface area contributed by atoms with Crippen LogP contribution in [-0.4, -0.2) is 27.2 Å². The SMILES string of the molecule is Cc1nn(CCNC(=O)c2cccc(COc3cccc(Br)c3)c2)c(C)c1[N+](=O)[O-]. The first-order chi connectivity index (χ1) is 14.3. The minimum Gasteiger partial charge on any atom is -0.489 e. The Morgan fingerprint density at radius 2 is 2.00 bits per heavy atom. The Labute approximate surface area is 182 Å². The van der Waals surface area contributed by atoms with E-state index in [0.29, 0.717) is 36.6 Å². The number of carbonyl (C=O) groups excluding carboxylic acids is 1. The molecule has 156 valence electrons. The summed E-state index contributed by atoms with van der Waals surface area (Å²) in [5.74, 6) is 0.508. The van der Waals surface area contributed by atoms with Crippen molar-refractivity contribution in [3.05, 3.63) is 85.6 Å². The molecule has 3 aromatic rings. The summed E-state index contributed by atoms with van der Waals surface area (Å²) in [5, 5.41) is 18.1. The van der Waals surface area contributed by atoms with Gasteiger partial charge in [0.25, 0.3) is 5.91 Å². The molecule has 0 saturated heterocycles. The van der Waals surface area contributed by atoms with Crippen molar-refractivity contribution in [2.75, 3.05) is 6.54 Å². The molecular weight excluding hydrogens is 452 g/mol. The molecule has 1 heterocycles. The van der Waals surface area contributed by atoms with Gasteiger partial charge in [-0.1, -0.05) is 34.1 Å². The Hall–Kier alpha value is -3.20. The van der Waals surface area contributed by atoms with Crippen LogP contribution in [0.2, 0.25) is 0 Å². The van der Waals surface area contributed by atoms with E-state index in [2.05, 4.69) is 26.3 Å². The van der Waals surface area contributed by atoms with Crippen LogP contribution < -0.4 is 10.1 Å². The highest BCUT2D eigenvalue weighted by atomic mass is 79.9. The summed E-state index contributed by atoms with van der Waals surface area (Å²) in [6, 6.07) is 14.8. The topological polar surface area (TPSA) is 99.3 Å². The van der Waals surface area contributed by atoms with E-state index in [1.807, 2.05) is 30.3 Å². The molecule has 1 amide bonds. The van der Waals surface area contributed by atoms with Gasteiger partial charge in [-0.15, -0.1) is 0 Å². The molecule has 8 nitrogen and oxygen atoms in total. The standard InChI is InChI=1S/C21H21BrN4O4/c1-14-20(26(28)29)15(2)25(24-14)10-9-23-21(27)17-6-3-5-16(11-17)13-30-19-8-4-7-18(22)12-19/h3-8,11-12H,9-10,13H2,1-2H3,(H,23,27). The van der Waals surface area contributed by atoms with Crippen molar-refractivity contribution < 1.29 is 14.5 Å². The lowest BCUT2D eigenvalue weighted by atomic mass is 10.1. The van der Waals surface area contributed by atoms with Gasteiger partial charge in [-0.05, 0) is 49.7 Å². The van der Waals surface area contributed by atoms with E-state index in [4.69, 9.17) is 4.74 Å². The smallest absolute Gasteiger partial charge is 0.312 e. The van der Waals surface area contributed by atoms with Crippen LogP contribution in [0.5, 0.6) is 5.75 Å². The van der Waals surface area contributed by atoms with Gasteiger partial charge in [-0.2, -0.15) is 5.10 Å². The van der Waals surface area contributed by atoms with Gasteiger partial charge in [-0.3, -0.25) is 19.6 Å². The molecule has 2 aromatic carbocycles. The predicted octanol–water partition coefficient (Wildman–Crippen LogP) is 4.18. The number of nitro groups is 1. The highest BCUT2D eigenvalue weighted by molar-refractivity contribution is 9.10. The fraction of sp³-hybridized carbons (Fsp3) is 0.238. The fourth-order valence-corrected chi connectivity index (χ4v) is 3.45. The van der Waals surface area contributed by atoms with E-state index < -0.39 is 4.92 Å². The lowest BCUT2D eigenvalue weighted by molar-refractivity contribution is -0.386. The number of hydrogen-bond acceptors (Lipinski definition) is 5. The Morgan fingerprint density at radius 3 is 2.70 bits per heavy atom. The number of hydrogen-bond donors (Lipinski definition) is 1. The van der Waals surface area contributed by atoms with E-state index in [1.54, 1.807) is 32.0 Å². The summed E-state index contributed by atoms with van der Waals surface area (Å²) in [6.45, 7) is 4.23. The molecular formula is C21H21BrN4O4. The third-order valence-corrected chi connectivity index (χ3v) is 5.02. The summed E-state index contributed by atoms with van der Waals surface area (Å²) in [6.07, 6.45) is 0. The Bertz CT molecular complexity index is 1080. The number of ether oxygens (including phenoxy) is 1. The van der Waals surface area contributed by atoms with Crippen LogP contribution >= 0.6 is 15.9 Å². The van der Waals surface area contributed by atoms with Crippen molar-refractivity contribution in [3.8, 4) is 5.75 Å². The molecule has 0 fully saturated rings. The average Bonchev–Trinajstić information content (AvgIpc) is 3.00. The zero-order chi connectivity index (χ0) is 21.7. The molecule has 0 unspecified atom stereocenters. The minimum absolute atomic E-state index is 0.0134. The number of halogens is 1. The molecule has 0 aliphatic rings. The quantitative estimate of drug-likeness (QED) is 0.391. The lowest BCUT2D eigenvalue weighted by Gasteiger charge is -2.09. The second-order valence-electron chi connectivity index (χ2n) is 6.70. The van der Waals surface area contributed by atoms with Crippen molar-refractivity contribution in [2.24, 2.45) is 0 Å². The molecule has 3 rings (SSSR count). The zero-order valence-electron chi connectivity index (χ0n) is 16.6. The number of rotatable bonds is 8. The summed E-state index contributed by atoms with van der Waals surface area (Å²) in [5.41, 5.74) is 2.24. The molecule has 30 heavy (non-hydrogen) atoms. The minimum atomic E-state index is -0.436. The van der Waals surface area contributed by atoms with E-state index in [0.717, 1.165) is 15.8 Å². The fourth-order valence-electron chi connectivity index (χ4n) is 3.07. The maximum Gasteiger partial charge on any atom is 0.312 e. The maximum atomic E-state index is 12.5. The van der Waals surface area contributed by atoms with Gasteiger partial charge in [0.2, 0.25) is 0 Å². The predicted molar refractivity (Wildman–Crippen MR) is 116 cm³/mol. The number of carbonyl (C=O) groups is 1. The monoisotopic (exact) mass is 472 g/mol. The van der Waals surface area contributed by atoms with Crippen LogP contribution in [0.15, 0.2) is 53.0 Å². The first kappa shape index (κ1) is 21.5. The highest BCUT2D eigenvalue weighted by Gasteiger charge is 2.21. The highest BCUT2D eigenvalue weighted by Crippen LogP contribution is 2.21. The third kappa shape index (κ3) is 5.24. The molecule has 0 aliphatic heterocycles. The van der Waals surface area contributed by atoms with Gasteiger partial charge < -0.3 is 10.1 Å². The van der Waals surface area contributed by atoms with E-state index >= 15 is 0 Å². The molecule has 0 atom stereocenters. The normalized spacial score (nSPS) is 10.6. The van der Waals surface area contributed by atoms with E-state index in [9.17, 15) is 14.9 Å². The molecule has 1 aromatic heterocycles. The Morgan fingerprint density at radius 1 is 1.23 bits per heavy atom. The number of nitrogens with zero attached hydrogens (tertiary/aromatic N) is 3. The first-order valence-corrected chi connectivity index (χ1v) is 10.1. The first-order valence-electron chi connectivity index (χ1n) is 9.29. The average molecular weight is 473 g/mol. The van der Waals surface area contributed by atoms with Crippen LogP contribution in [0.3, 0.4) is 0 Å². The molecule has 0 radical (unpaired) electrons. The number of nitrogens with one attached hydrogen (secondary N) is 1. The number of aromatic nitrogens is 2. The molecule has 0 aliphatic carbocycles. The van der Waals surface area contributed by atoms with Gasteiger partial charge in [0.15, 0.2) is 0 Å². The summed E-state index contributed by atoms with van der Waals surface area (Å²) < 4.78 is 8.23. The number of aryl methyl sites for hydroxylation is 1. The van der Waals surface area contributed by atoms with Crippen LogP contribution in [0, 0.1) is 24.0 Å². The van der Waals surface area contributed by atoms with Crippen molar-refractivity contribution in [3.63, 3.8) is 0 Å². The largest absolute Gasteiger partial charge is 0.489 e. The lowest BCUT2D eigenvalue weighted by Crippen LogP contribution is -2.27. The van der Waals surface area contributed by atoms with Gasteiger partial charge >= 0.3 is 5.69 Å². The molecule has 0 saturated carbocycles. The molecule has 1 N–H and O–H groups in total. The molecule has 0 spiro atoms. The van der Waals surface area contributed by atoms with E-state index in [1.165, 1.54) is 4.68 Å². The van der Waals surface area contributed by atoms with Gasteiger partial charge in [-0.25, -0.2) is 0 Å². The van der Waals surface area contributed by atoms with Crippen LogP contribution in [-0.2, 0) is 13.2 Å². The molecule has 9 heteroatoms. The second kappa shape index (κ2) is 9.53. The Balaban J connectivity index is 1.56. The van der Waals surface area contributed by atoms with Gasteiger partial charge in [0, 0.05) is 16.6 Å². The van der Waals surface area contributed by atoms with Crippen molar-refractivity contribution in [2.45, 2.75) is 27.0 Å². The summed E-state index contributed by atoms with van der Waals surface area (Å²) in [7, 11) is 0. The van der Waals surface area contributed by atoms with Crippen molar-refractivity contribution in [1.29, 1.82) is 0 Å². The van der Waals surface area contributed by atoms with Crippen LogP contribution in [0.4, 0.5) is 5.69 Å². The van der Waals surface area contributed by atoms with Crippen molar-refractivity contribution >= 4 is 27.5 Å².